The molecule has 3 rings (SSSR count). The third kappa shape index (κ3) is 4.46. The maximum absolute atomic E-state index is 13.0. The molecule has 1 aliphatic heterocycles. The number of morpholine rings is 1. The Hall–Kier alpha value is -2.87. The van der Waals surface area contributed by atoms with Crippen molar-refractivity contribution in [1.29, 1.82) is 0 Å². The monoisotopic (exact) mass is 374 g/mol. The number of hydrogen-bond acceptors (Lipinski definition) is 6. The number of carboxylic acid groups (broad SMARTS) is 1. The van der Waals surface area contributed by atoms with E-state index in [2.05, 4.69) is 5.16 Å². The minimum Gasteiger partial charge on any atom is -0.488 e. The van der Waals surface area contributed by atoms with Crippen molar-refractivity contribution in [1.82, 2.24) is 10.1 Å². The molecule has 1 N–H and O–H groups in total. The van der Waals surface area contributed by atoms with Crippen LogP contribution in [0, 0.1) is 13.8 Å². The van der Waals surface area contributed by atoms with Crippen LogP contribution in [-0.4, -0.2) is 52.8 Å². The summed E-state index contributed by atoms with van der Waals surface area (Å²) in [6.07, 6.45) is -0.635. The minimum atomic E-state index is -0.947. The maximum Gasteiger partial charge on any atom is 0.306 e. The number of ether oxygens (including phenoxy) is 2. The van der Waals surface area contributed by atoms with Gasteiger partial charge in [0.05, 0.1) is 36.0 Å². The zero-order chi connectivity index (χ0) is 19.4. The predicted molar refractivity (Wildman–Crippen MR) is 94.6 cm³/mol. The van der Waals surface area contributed by atoms with Crippen molar-refractivity contribution >= 4 is 11.9 Å². The second-order valence-corrected chi connectivity index (χ2v) is 6.43. The molecule has 2 aromatic rings. The van der Waals surface area contributed by atoms with Gasteiger partial charge in [-0.05, 0) is 26.0 Å². The highest BCUT2D eigenvalue weighted by Gasteiger charge is 2.28. The van der Waals surface area contributed by atoms with E-state index in [1.165, 1.54) is 0 Å². The van der Waals surface area contributed by atoms with E-state index in [1.807, 2.05) is 13.8 Å². The van der Waals surface area contributed by atoms with E-state index in [-0.39, 0.29) is 25.5 Å². The first-order chi connectivity index (χ1) is 13.0. The number of aryl methyl sites for hydroxylation is 2. The van der Waals surface area contributed by atoms with Crippen LogP contribution in [0.4, 0.5) is 0 Å². The van der Waals surface area contributed by atoms with Crippen LogP contribution in [0.3, 0.4) is 0 Å². The molecule has 8 heteroatoms. The quantitative estimate of drug-likeness (QED) is 0.827. The van der Waals surface area contributed by atoms with Crippen LogP contribution in [0.1, 0.15) is 33.8 Å². The average Bonchev–Trinajstić information content (AvgIpc) is 2.97. The van der Waals surface area contributed by atoms with Gasteiger partial charge in [-0.3, -0.25) is 9.59 Å². The number of benzene rings is 1. The topological polar surface area (TPSA) is 102 Å². The van der Waals surface area contributed by atoms with Gasteiger partial charge in [0.25, 0.3) is 5.91 Å². The summed E-state index contributed by atoms with van der Waals surface area (Å²) in [4.78, 5) is 25.5. The summed E-state index contributed by atoms with van der Waals surface area (Å²) in [6.45, 7) is 4.85. The van der Waals surface area contributed by atoms with E-state index in [0.29, 0.717) is 30.2 Å². The van der Waals surface area contributed by atoms with Crippen molar-refractivity contribution in [3.8, 4) is 5.75 Å². The molecule has 0 aliphatic carbocycles. The van der Waals surface area contributed by atoms with Gasteiger partial charge in [-0.1, -0.05) is 17.3 Å². The number of nitrogens with zero attached hydrogens (tertiary/aromatic N) is 2. The zero-order valence-corrected chi connectivity index (χ0v) is 15.3. The summed E-state index contributed by atoms with van der Waals surface area (Å²) in [5.41, 5.74) is 2.03. The maximum atomic E-state index is 13.0. The summed E-state index contributed by atoms with van der Waals surface area (Å²) in [5, 5.41) is 12.8. The van der Waals surface area contributed by atoms with Crippen molar-refractivity contribution in [3.63, 3.8) is 0 Å². The minimum absolute atomic E-state index is 0.131. The SMILES string of the molecule is Cc1noc(C)c1COc1ccccc1C(=O)N1CCOC(CC(=O)O)C1. The highest BCUT2D eigenvalue weighted by molar-refractivity contribution is 5.97. The largest absolute Gasteiger partial charge is 0.488 e. The molecule has 1 saturated heterocycles. The first kappa shape index (κ1) is 18.9. The van der Waals surface area contributed by atoms with Gasteiger partial charge in [-0.2, -0.15) is 0 Å². The van der Waals surface area contributed by atoms with Gasteiger partial charge in [0.1, 0.15) is 18.1 Å². The molecule has 2 heterocycles. The fourth-order valence-corrected chi connectivity index (χ4v) is 3.02. The molecule has 0 spiro atoms. The lowest BCUT2D eigenvalue weighted by Gasteiger charge is -2.32. The molecule has 144 valence electrons. The van der Waals surface area contributed by atoms with E-state index in [1.54, 1.807) is 29.2 Å². The second-order valence-electron chi connectivity index (χ2n) is 6.43. The van der Waals surface area contributed by atoms with Crippen molar-refractivity contribution in [2.45, 2.75) is 33.0 Å². The fourth-order valence-electron chi connectivity index (χ4n) is 3.02. The number of hydrogen-bond donors (Lipinski definition) is 1. The Morgan fingerprint density at radius 1 is 1.33 bits per heavy atom. The van der Waals surface area contributed by atoms with Crippen LogP contribution in [-0.2, 0) is 16.1 Å². The molecular weight excluding hydrogens is 352 g/mol. The van der Waals surface area contributed by atoms with Crippen molar-refractivity contribution in [3.05, 3.63) is 46.8 Å². The Balaban J connectivity index is 1.73. The number of carbonyl (C=O) groups excluding carboxylic acids is 1. The Morgan fingerprint density at radius 3 is 2.81 bits per heavy atom. The molecule has 1 atom stereocenters. The van der Waals surface area contributed by atoms with Gasteiger partial charge < -0.3 is 24.0 Å². The summed E-state index contributed by atoms with van der Waals surface area (Å²) in [7, 11) is 0. The third-order valence-corrected chi connectivity index (χ3v) is 4.50. The van der Waals surface area contributed by atoms with E-state index in [0.717, 1.165) is 11.3 Å². The molecule has 1 amide bonds. The fraction of sp³-hybridized carbons (Fsp3) is 0.421. The third-order valence-electron chi connectivity index (χ3n) is 4.50. The van der Waals surface area contributed by atoms with Gasteiger partial charge in [0.2, 0.25) is 0 Å². The van der Waals surface area contributed by atoms with Crippen LogP contribution >= 0.6 is 0 Å². The molecular formula is C19H22N2O6. The molecule has 27 heavy (non-hydrogen) atoms. The number of aliphatic carboxylic acids is 1. The Kier molecular flexibility index (Phi) is 5.75. The van der Waals surface area contributed by atoms with Crippen LogP contribution < -0.4 is 4.74 Å². The Bertz CT molecular complexity index is 812. The molecule has 1 aliphatic rings. The van der Waals surface area contributed by atoms with Gasteiger partial charge in [-0.25, -0.2) is 0 Å². The van der Waals surface area contributed by atoms with E-state index in [4.69, 9.17) is 19.1 Å². The van der Waals surface area contributed by atoms with Crippen LogP contribution in [0.25, 0.3) is 0 Å². The number of carbonyl (C=O) groups is 2. The molecule has 1 unspecified atom stereocenters. The second kappa shape index (κ2) is 8.22. The number of para-hydroxylation sites is 1. The first-order valence-corrected chi connectivity index (χ1v) is 8.72. The van der Waals surface area contributed by atoms with E-state index < -0.39 is 12.1 Å². The summed E-state index contributed by atoms with van der Waals surface area (Å²) in [5.74, 6) is -0.00896. The van der Waals surface area contributed by atoms with Gasteiger partial charge in [0, 0.05) is 13.1 Å². The standard InChI is InChI=1S/C19H22N2O6/c1-12-16(13(2)27-20-12)11-26-17-6-4-3-5-15(17)19(24)21-7-8-25-14(10-21)9-18(22)23/h3-6,14H,7-11H2,1-2H3,(H,22,23). The Labute approximate surface area is 156 Å². The predicted octanol–water partition coefficient (Wildman–Crippen LogP) is 2.19. The van der Waals surface area contributed by atoms with Gasteiger partial charge in [0.15, 0.2) is 0 Å². The molecule has 0 radical (unpaired) electrons. The highest BCUT2D eigenvalue weighted by Crippen LogP contribution is 2.24. The van der Waals surface area contributed by atoms with Crippen molar-refractivity contribution in [2.24, 2.45) is 0 Å². The molecule has 8 nitrogen and oxygen atoms in total. The molecule has 0 saturated carbocycles. The Morgan fingerprint density at radius 2 is 2.11 bits per heavy atom. The number of rotatable bonds is 6. The van der Waals surface area contributed by atoms with Crippen LogP contribution in [0.2, 0.25) is 0 Å². The van der Waals surface area contributed by atoms with Crippen molar-refractivity contribution < 1.29 is 28.7 Å². The first-order valence-electron chi connectivity index (χ1n) is 8.72. The number of amides is 1. The summed E-state index contributed by atoms with van der Waals surface area (Å²) < 4.78 is 16.4. The average molecular weight is 374 g/mol. The highest BCUT2D eigenvalue weighted by atomic mass is 16.5. The number of aromatic nitrogens is 1. The normalized spacial score (nSPS) is 17.0. The molecule has 1 aromatic carbocycles. The smallest absolute Gasteiger partial charge is 0.306 e. The molecule has 0 bridgehead atoms. The van der Waals surface area contributed by atoms with Gasteiger partial charge >= 0.3 is 5.97 Å². The van der Waals surface area contributed by atoms with Crippen molar-refractivity contribution in [2.75, 3.05) is 19.7 Å². The summed E-state index contributed by atoms with van der Waals surface area (Å²) in [6, 6.07) is 7.00. The lowest BCUT2D eigenvalue weighted by Crippen LogP contribution is -2.46. The lowest BCUT2D eigenvalue weighted by molar-refractivity contribution is -0.141. The number of carboxylic acids is 1. The molecule has 1 fully saturated rings. The summed E-state index contributed by atoms with van der Waals surface area (Å²) >= 11 is 0. The lowest BCUT2D eigenvalue weighted by atomic mass is 10.1. The van der Waals surface area contributed by atoms with E-state index >= 15 is 0 Å². The zero-order valence-electron chi connectivity index (χ0n) is 15.3. The van der Waals surface area contributed by atoms with Crippen LogP contribution in [0.5, 0.6) is 5.75 Å². The van der Waals surface area contributed by atoms with Crippen LogP contribution in [0.15, 0.2) is 28.8 Å². The van der Waals surface area contributed by atoms with E-state index in [9.17, 15) is 9.59 Å². The molecule has 1 aromatic heterocycles. The van der Waals surface area contributed by atoms with Gasteiger partial charge in [-0.15, -0.1) is 0 Å².